The summed E-state index contributed by atoms with van der Waals surface area (Å²) >= 11 is 0. The van der Waals surface area contributed by atoms with Crippen LogP contribution in [0.2, 0.25) is 0 Å². The molecule has 0 unspecified atom stereocenters. The SMILES string of the molecule is C[C@@H]1CN(S(C)(=O)=O)CCN1Cc1cc2c(=O)n(C)cc(-c3ccnc(OCCN4CCCC4)c3)c2o1. The van der Waals surface area contributed by atoms with Crippen molar-refractivity contribution < 1.29 is 17.6 Å². The number of hydrogen-bond acceptors (Lipinski definition) is 8. The Morgan fingerprint density at radius 2 is 1.95 bits per heavy atom. The normalized spacial score (nSPS) is 20.1. The molecule has 0 spiro atoms. The maximum atomic E-state index is 12.9. The van der Waals surface area contributed by atoms with Crippen LogP contribution in [0.15, 0.2) is 39.8 Å². The predicted molar refractivity (Wildman–Crippen MR) is 142 cm³/mol. The zero-order valence-electron chi connectivity index (χ0n) is 21.7. The summed E-state index contributed by atoms with van der Waals surface area (Å²) in [4.78, 5) is 21.9. The molecular weight excluding hydrogens is 494 g/mol. The Bertz CT molecular complexity index is 1430. The highest BCUT2D eigenvalue weighted by Gasteiger charge is 2.29. The van der Waals surface area contributed by atoms with Gasteiger partial charge in [0.05, 0.1) is 18.2 Å². The van der Waals surface area contributed by atoms with Gasteiger partial charge < -0.3 is 13.7 Å². The van der Waals surface area contributed by atoms with E-state index in [2.05, 4.69) is 14.8 Å². The monoisotopic (exact) mass is 529 g/mol. The first-order valence-electron chi connectivity index (χ1n) is 12.8. The molecule has 5 rings (SSSR count). The summed E-state index contributed by atoms with van der Waals surface area (Å²) in [6.07, 6.45) is 7.24. The fourth-order valence-corrected chi connectivity index (χ4v) is 6.12. The second-order valence-electron chi connectivity index (χ2n) is 10.1. The van der Waals surface area contributed by atoms with Crippen molar-refractivity contribution in [1.29, 1.82) is 0 Å². The first-order chi connectivity index (χ1) is 17.7. The third-order valence-corrected chi connectivity index (χ3v) is 8.63. The van der Waals surface area contributed by atoms with E-state index >= 15 is 0 Å². The molecule has 2 aliphatic heterocycles. The number of nitrogens with zero attached hydrogens (tertiary/aromatic N) is 5. The van der Waals surface area contributed by atoms with E-state index in [1.54, 1.807) is 24.0 Å². The van der Waals surface area contributed by atoms with E-state index in [4.69, 9.17) is 9.15 Å². The number of likely N-dealkylation sites (tertiary alicyclic amines) is 1. The average molecular weight is 530 g/mol. The summed E-state index contributed by atoms with van der Waals surface area (Å²) in [5.74, 6) is 1.22. The van der Waals surface area contributed by atoms with Crippen molar-refractivity contribution in [2.75, 3.05) is 52.1 Å². The molecule has 3 aromatic rings. The van der Waals surface area contributed by atoms with E-state index in [9.17, 15) is 13.2 Å². The molecule has 0 aromatic carbocycles. The quantitative estimate of drug-likeness (QED) is 0.438. The molecule has 200 valence electrons. The second kappa shape index (κ2) is 10.6. The molecule has 0 saturated carbocycles. The van der Waals surface area contributed by atoms with Crippen molar-refractivity contribution in [3.05, 3.63) is 46.7 Å². The molecule has 2 fully saturated rings. The second-order valence-corrected chi connectivity index (χ2v) is 12.1. The summed E-state index contributed by atoms with van der Waals surface area (Å²) in [7, 11) is -1.48. The zero-order chi connectivity index (χ0) is 26.2. The number of aryl methyl sites for hydroxylation is 1. The zero-order valence-corrected chi connectivity index (χ0v) is 22.5. The molecular formula is C26H35N5O5S. The summed E-state index contributed by atoms with van der Waals surface area (Å²) in [5.41, 5.74) is 2.07. The van der Waals surface area contributed by atoms with E-state index in [1.807, 2.05) is 25.1 Å². The fraction of sp³-hybridized carbons (Fsp3) is 0.538. The lowest BCUT2D eigenvalue weighted by Crippen LogP contribution is -2.52. The van der Waals surface area contributed by atoms with Crippen LogP contribution in [0.3, 0.4) is 0 Å². The van der Waals surface area contributed by atoms with Crippen molar-refractivity contribution >= 4 is 21.0 Å². The number of piperazine rings is 1. The van der Waals surface area contributed by atoms with Crippen LogP contribution in [-0.2, 0) is 23.6 Å². The number of ether oxygens (including phenoxy) is 1. The van der Waals surface area contributed by atoms with Gasteiger partial charge in [0.1, 0.15) is 18.0 Å². The molecule has 1 atom stereocenters. The summed E-state index contributed by atoms with van der Waals surface area (Å²) < 4.78 is 39.2. The van der Waals surface area contributed by atoms with Gasteiger partial charge in [0.25, 0.3) is 5.56 Å². The maximum absolute atomic E-state index is 12.9. The molecule has 2 aliphatic rings. The lowest BCUT2D eigenvalue weighted by molar-refractivity contribution is 0.115. The van der Waals surface area contributed by atoms with Gasteiger partial charge in [-0.2, -0.15) is 4.31 Å². The van der Waals surface area contributed by atoms with E-state index in [-0.39, 0.29) is 11.6 Å². The van der Waals surface area contributed by atoms with Gasteiger partial charge in [-0.25, -0.2) is 13.4 Å². The van der Waals surface area contributed by atoms with E-state index < -0.39 is 10.0 Å². The first kappa shape index (κ1) is 25.9. The number of sulfonamides is 1. The minimum atomic E-state index is -3.21. The van der Waals surface area contributed by atoms with Gasteiger partial charge in [0, 0.05) is 63.3 Å². The summed E-state index contributed by atoms with van der Waals surface area (Å²) in [6.45, 7) is 7.68. The highest BCUT2D eigenvalue weighted by Crippen LogP contribution is 2.31. The minimum Gasteiger partial charge on any atom is -0.476 e. The molecule has 3 aromatic heterocycles. The Hall–Kier alpha value is -2.73. The molecule has 2 saturated heterocycles. The Labute approximate surface area is 217 Å². The van der Waals surface area contributed by atoms with E-state index in [1.165, 1.54) is 23.4 Å². The van der Waals surface area contributed by atoms with E-state index in [0.29, 0.717) is 55.4 Å². The third-order valence-electron chi connectivity index (χ3n) is 7.36. The first-order valence-corrected chi connectivity index (χ1v) is 14.7. The van der Waals surface area contributed by atoms with Crippen LogP contribution in [0.4, 0.5) is 0 Å². The Morgan fingerprint density at radius 1 is 1.16 bits per heavy atom. The van der Waals surface area contributed by atoms with Crippen molar-refractivity contribution in [2.24, 2.45) is 7.05 Å². The topological polar surface area (TPSA) is 101 Å². The summed E-state index contributed by atoms with van der Waals surface area (Å²) in [6, 6.07) is 5.62. The summed E-state index contributed by atoms with van der Waals surface area (Å²) in [5, 5.41) is 0.519. The van der Waals surface area contributed by atoms with Gasteiger partial charge in [-0.05, 0) is 50.6 Å². The molecule has 11 heteroatoms. The molecule has 0 bridgehead atoms. The Morgan fingerprint density at radius 3 is 2.68 bits per heavy atom. The lowest BCUT2D eigenvalue weighted by Gasteiger charge is -2.38. The van der Waals surface area contributed by atoms with Crippen LogP contribution in [0.25, 0.3) is 22.1 Å². The van der Waals surface area contributed by atoms with Gasteiger partial charge in [-0.15, -0.1) is 0 Å². The highest BCUT2D eigenvalue weighted by atomic mass is 32.2. The van der Waals surface area contributed by atoms with Crippen LogP contribution < -0.4 is 10.3 Å². The predicted octanol–water partition coefficient (Wildman–Crippen LogP) is 2.13. The smallest absolute Gasteiger partial charge is 0.261 e. The van der Waals surface area contributed by atoms with Gasteiger partial charge in [-0.1, -0.05) is 0 Å². The number of hydrogen-bond donors (Lipinski definition) is 0. The maximum Gasteiger partial charge on any atom is 0.261 e. The molecule has 37 heavy (non-hydrogen) atoms. The largest absolute Gasteiger partial charge is 0.476 e. The minimum absolute atomic E-state index is 0.0273. The van der Waals surface area contributed by atoms with Crippen molar-refractivity contribution in [3.8, 4) is 17.0 Å². The van der Waals surface area contributed by atoms with E-state index in [0.717, 1.165) is 30.8 Å². The standard InChI is InChI=1S/C26H35N5O5S/c1-19-16-31(37(3,33)34)11-10-30(19)17-21-15-22-25(36-21)23(18-28(2)26(22)32)20-6-7-27-24(14-20)35-13-12-29-8-4-5-9-29/h6-7,14-15,18-19H,4-5,8-13,16-17H2,1-3H3/t19-/m1/s1. The average Bonchev–Trinajstić information content (AvgIpc) is 3.53. The lowest BCUT2D eigenvalue weighted by atomic mass is 10.1. The molecule has 10 nitrogen and oxygen atoms in total. The van der Waals surface area contributed by atoms with Crippen molar-refractivity contribution in [1.82, 2.24) is 23.7 Å². The van der Waals surface area contributed by atoms with Crippen LogP contribution in [0, 0.1) is 0 Å². The number of rotatable bonds is 8. The molecule has 0 N–H and O–H groups in total. The van der Waals surface area contributed by atoms with Crippen LogP contribution in [0.1, 0.15) is 25.5 Å². The number of pyridine rings is 2. The van der Waals surface area contributed by atoms with Gasteiger partial charge >= 0.3 is 0 Å². The van der Waals surface area contributed by atoms with Gasteiger partial charge in [0.15, 0.2) is 0 Å². The third kappa shape index (κ3) is 5.74. The van der Waals surface area contributed by atoms with Crippen LogP contribution in [0.5, 0.6) is 5.88 Å². The van der Waals surface area contributed by atoms with Crippen LogP contribution >= 0.6 is 0 Å². The number of furan rings is 1. The number of fused-ring (bicyclic) bond motifs is 1. The molecule has 0 aliphatic carbocycles. The number of aromatic nitrogens is 2. The molecule has 5 heterocycles. The van der Waals surface area contributed by atoms with Crippen LogP contribution in [-0.4, -0.2) is 90.2 Å². The Balaban J connectivity index is 1.37. The fourth-order valence-electron chi connectivity index (χ4n) is 5.22. The van der Waals surface area contributed by atoms with Gasteiger partial charge in [0.2, 0.25) is 15.9 Å². The molecule has 0 radical (unpaired) electrons. The molecule has 0 amide bonds. The highest BCUT2D eigenvalue weighted by molar-refractivity contribution is 7.88. The van der Waals surface area contributed by atoms with Crippen molar-refractivity contribution in [3.63, 3.8) is 0 Å². The Kier molecular flexibility index (Phi) is 7.39. The van der Waals surface area contributed by atoms with Crippen molar-refractivity contribution in [2.45, 2.75) is 32.4 Å². The van der Waals surface area contributed by atoms with Gasteiger partial charge in [-0.3, -0.25) is 14.6 Å².